The van der Waals surface area contributed by atoms with E-state index < -0.39 is 6.10 Å². The number of rotatable bonds is 12. The van der Waals surface area contributed by atoms with Crippen LogP contribution in [0.2, 0.25) is 0 Å². The normalized spacial score (nSPS) is 17.8. The van der Waals surface area contributed by atoms with E-state index in [2.05, 4.69) is 0 Å². The first kappa shape index (κ1) is 23.4. The van der Waals surface area contributed by atoms with Crippen molar-refractivity contribution < 1.29 is 23.8 Å². The zero-order chi connectivity index (χ0) is 21.1. The monoisotopic (exact) mass is 423 g/mol. The van der Waals surface area contributed by atoms with Crippen molar-refractivity contribution in [3.8, 4) is 0 Å². The molecule has 1 fully saturated rings. The third-order valence-electron chi connectivity index (χ3n) is 4.74. The number of aliphatic hydroxyl groups is 1. The van der Waals surface area contributed by atoms with Gasteiger partial charge in [0.15, 0.2) is 0 Å². The number of halogens is 1. The average molecular weight is 424 g/mol. The first-order valence-corrected chi connectivity index (χ1v) is 11.3. The number of thioether (sulfide) groups is 1. The highest BCUT2D eigenvalue weighted by Crippen LogP contribution is 2.21. The Kier molecular flexibility index (Phi) is 10.2. The fourth-order valence-corrected chi connectivity index (χ4v) is 4.13. The zero-order valence-corrected chi connectivity index (χ0v) is 17.7. The number of hydrogen-bond acceptors (Lipinski definition) is 5. The van der Waals surface area contributed by atoms with Gasteiger partial charge in [0, 0.05) is 31.6 Å². The van der Waals surface area contributed by atoms with Crippen molar-refractivity contribution in [2.24, 2.45) is 0 Å². The molecular formula is C22H30FNO4S. The van der Waals surface area contributed by atoms with E-state index in [0.29, 0.717) is 32.4 Å². The van der Waals surface area contributed by atoms with Crippen molar-refractivity contribution >= 4 is 23.6 Å². The molecule has 0 aromatic heterocycles. The number of carbonyl (C=O) groups is 2. The minimum absolute atomic E-state index is 0.00509. The molecule has 2 rings (SSSR count). The standard InChI is InChI=1S/C22H30FNO4S/c1-2-28-22(27)4-3-14-29-15-13-24-19(10-12-21(24)26)9-11-20(25)16-17-5-7-18(23)8-6-17/h5-9,11,19-20,25H,2-4,10,12-16H2,1H3/b11-9+/t19?,20-/m1/s1. The summed E-state index contributed by atoms with van der Waals surface area (Å²) in [5.74, 6) is 1.36. The summed E-state index contributed by atoms with van der Waals surface area (Å²) in [6.07, 6.45) is 5.86. The Hall–Kier alpha value is -1.86. The van der Waals surface area contributed by atoms with Crippen LogP contribution in [0.25, 0.3) is 0 Å². The molecule has 1 aromatic carbocycles. The molecule has 0 spiro atoms. The van der Waals surface area contributed by atoms with E-state index in [1.165, 1.54) is 12.1 Å². The van der Waals surface area contributed by atoms with Crippen LogP contribution in [-0.2, 0) is 20.7 Å². The smallest absolute Gasteiger partial charge is 0.305 e. The van der Waals surface area contributed by atoms with Crippen molar-refractivity contribution in [2.75, 3.05) is 24.7 Å². The molecule has 1 amide bonds. The minimum Gasteiger partial charge on any atom is -0.466 e. The zero-order valence-electron chi connectivity index (χ0n) is 16.9. The molecule has 1 saturated heterocycles. The van der Waals surface area contributed by atoms with Crippen molar-refractivity contribution in [1.29, 1.82) is 0 Å². The van der Waals surface area contributed by atoms with Gasteiger partial charge in [-0.3, -0.25) is 9.59 Å². The Labute approximate surface area is 176 Å². The molecule has 1 heterocycles. The van der Waals surface area contributed by atoms with Gasteiger partial charge < -0.3 is 14.7 Å². The minimum atomic E-state index is -0.671. The molecule has 5 nitrogen and oxygen atoms in total. The largest absolute Gasteiger partial charge is 0.466 e. The van der Waals surface area contributed by atoms with Crippen LogP contribution >= 0.6 is 11.8 Å². The summed E-state index contributed by atoms with van der Waals surface area (Å²) in [7, 11) is 0. The van der Waals surface area contributed by atoms with E-state index in [4.69, 9.17) is 4.74 Å². The number of likely N-dealkylation sites (tertiary alicyclic amines) is 1. The quantitative estimate of drug-likeness (QED) is 0.317. The first-order chi connectivity index (χ1) is 14.0. The fraction of sp³-hybridized carbons (Fsp3) is 0.545. The van der Waals surface area contributed by atoms with Gasteiger partial charge in [-0.05, 0) is 43.2 Å². The van der Waals surface area contributed by atoms with Gasteiger partial charge in [0.05, 0.1) is 18.8 Å². The Morgan fingerprint density at radius 1 is 1.38 bits per heavy atom. The predicted octanol–water partition coefficient (Wildman–Crippen LogP) is 3.35. The number of amides is 1. The van der Waals surface area contributed by atoms with Gasteiger partial charge in [-0.1, -0.05) is 24.3 Å². The van der Waals surface area contributed by atoms with Gasteiger partial charge in [-0.25, -0.2) is 4.39 Å². The molecular weight excluding hydrogens is 393 g/mol. The van der Waals surface area contributed by atoms with Crippen LogP contribution in [0.3, 0.4) is 0 Å². The predicted molar refractivity (Wildman–Crippen MR) is 113 cm³/mol. The Bertz CT molecular complexity index is 680. The maximum atomic E-state index is 13.0. The molecule has 1 unspecified atom stereocenters. The lowest BCUT2D eigenvalue weighted by Crippen LogP contribution is -2.34. The number of aliphatic hydroxyl groups excluding tert-OH is 1. The summed E-state index contributed by atoms with van der Waals surface area (Å²) in [5, 5.41) is 10.2. The Morgan fingerprint density at radius 2 is 2.14 bits per heavy atom. The molecule has 0 bridgehead atoms. The second-order valence-corrected chi connectivity index (χ2v) is 8.22. The number of carbonyl (C=O) groups excluding carboxylic acids is 2. The summed E-state index contributed by atoms with van der Waals surface area (Å²) >= 11 is 1.73. The summed E-state index contributed by atoms with van der Waals surface area (Å²) in [4.78, 5) is 25.3. The highest BCUT2D eigenvalue weighted by Gasteiger charge is 2.28. The van der Waals surface area contributed by atoms with Crippen molar-refractivity contribution in [3.63, 3.8) is 0 Å². The van der Waals surface area contributed by atoms with Gasteiger partial charge in [0.25, 0.3) is 0 Å². The number of benzene rings is 1. The lowest BCUT2D eigenvalue weighted by Gasteiger charge is -2.22. The van der Waals surface area contributed by atoms with E-state index >= 15 is 0 Å². The molecule has 160 valence electrons. The van der Waals surface area contributed by atoms with E-state index in [1.54, 1.807) is 36.9 Å². The molecule has 2 atom stereocenters. The highest BCUT2D eigenvalue weighted by molar-refractivity contribution is 7.99. The average Bonchev–Trinajstić information content (AvgIpc) is 3.04. The van der Waals surface area contributed by atoms with Crippen LogP contribution in [0.1, 0.15) is 38.2 Å². The van der Waals surface area contributed by atoms with Crippen molar-refractivity contribution in [2.45, 2.75) is 51.2 Å². The van der Waals surface area contributed by atoms with E-state index in [0.717, 1.165) is 29.9 Å². The molecule has 0 radical (unpaired) electrons. The first-order valence-electron chi connectivity index (χ1n) is 10.1. The summed E-state index contributed by atoms with van der Waals surface area (Å²) < 4.78 is 17.9. The maximum absolute atomic E-state index is 13.0. The van der Waals surface area contributed by atoms with Crippen LogP contribution in [0.4, 0.5) is 4.39 Å². The number of hydrogen-bond donors (Lipinski definition) is 1. The molecule has 7 heteroatoms. The SMILES string of the molecule is CCOC(=O)CCCSCCN1C(=O)CCC1/C=C/[C@@H](O)Cc1ccc(F)cc1. The fourth-order valence-electron chi connectivity index (χ4n) is 3.25. The summed E-state index contributed by atoms with van der Waals surface area (Å²) in [6.45, 7) is 2.87. The Balaban J connectivity index is 1.71. The van der Waals surface area contributed by atoms with Crippen LogP contribution in [0.5, 0.6) is 0 Å². The van der Waals surface area contributed by atoms with Crippen molar-refractivity contribution in [3.05, 3.63) is 47.8 Å². The van der Waals surface area contributed by atoms with Gasteiger partial charge >= 0.3 is 5.97 Å². The van der Waals surface area contributed by atoms with Gasteiger partial charge in [0.2, 0.25) is 5.91 Å². The van der Waals surface area contributed by atoms with Crippen LogP contribution in [-0.4, -0.2) is 58.7 Å². The van der Waals surface area contributed by atoms with E-state index in [1.807, 2.05) is 11.0 Å². The van der Waals surface area contributed by atoms with Crippen LogP contribution in [0.15, 0.2) is 36.4 Å². The summed E-state index contributed by atoms with van der Waals surface area (Å²) in [5.41, 5.74) is 0.863. The second kappa shape index (κ2) is 12.6. The third-order valence-corrected chi connectivity index (χ3v) is 5.79. The Morgan fingerprint density at radius 3 is 2.86 bits per heavy atom. The number of nitrogens with zero attached hydrogens (tertiary/aromatic N) is 1. The lowest BCUT2D eigenvalue weighted by atomic mass is 10.1. The molecule has 1 aromatic rings. The van der Waals surface area contributed by atoms with Crippen LogP contribution < -0.4 is 0 Å². The molecule has 29 heavy (non-hydrogen) atoms. The lowest BCUT2D eigenvalue weighted by molar-refractivity contribution is -0.143. The molecule has 1 aliphatic rings. The van der Waals surface area contributed by atoms with Crippen molar-refractivity contribution in [1.82, 2.24) is 4.90 Å². The van der Waals surface area contributed by atoms with Gasteiger partial charge in [-0.15, -0.1) is 0 Å². The summed E-state index contributed by atoms with van der Waals surface area (Å²) in [6, 6.07) is 6.10. The highest BCUT2D eigenvalue weighted by atomic mass is 32.2. The van der Waals surface area contributed by atoms with Gasteiger partial charge in [0.1, 0.15) is 5.82 Å². The second-order valence-electron chi connectivity index (χ2n) is 7.00. The third kappa shape index (κ3) is 8.58. The van der Waals surface area contributed by atoms with E-state index in [-0.39, 0.29) is 23.7 Å². The molecule has 1 aliphatic heterocycles. The van der Waals surface area contributed by atoms with Crippen LogP contribution in [0, 0.1) is 5.82 Å². The van der Waals surface area contributed by atoms with Gasteiger partial charge in [-0.2, -0.15) is 11.8 Å². The number of esters is 1. The molecule has 0 saturated carbocycles. The molecule has 0 aliphatic carbocycles. The number of ether oxygens (including phenoxy) is 1. The van der Waals surface area contributed by atoms with E-state index in [9.17, 15) is 19.1 Å². The maximum Gasteiger partial charge on any atom is 0.305 e. The molecule has 1 N–H and O–H groups in total. The topological polar surface area (TPSA) is 66.8 Å².